The lowest BCUT2D eigenvalue weighted by Gasteiger charge is -2.18. The molecule has 0 aromatic heterocycles. The van der Waals surface area contributed by atoms with E-state index in [1.54, 1.807) is 33.0 Å². The van der Waals surface area contributed by atoms with Gasteiger partial charge in [-0.3, -0.25) is 4.79 Å². The Morgan fingerprint density at radius 1 is 1.29 bits per heavy atom. The molecule has 1 N–H and O–H groups in total. The van der Waals surface area contributed by atoms with Crippen LogP contribution in [0.5, 0.6) is 0 Å². The third-order valence-electron chi connectivity index (χ3n) is 2.65. The van der Waals surface area contributed by atoms with Gasteiger partial charge in [-0.15, -0.1) is 0 Å². The second-order valence-corrected chi connectivity index (χ2v) is 5.44. The van der Waals surface area contributed by atoms with Gasteiger partial charge >= 0.3 is 12.0 Å². The van der Waals surface area contributed by atoms with Gasteiger partial charge in [0, 0.05) is 25.2 Å². The topological polar surface area (TPSA) is 58.6 Å². The van der Waals surface area contributed by atoms with Crippen LogP contribution in [0.25, 0.3) is 0 Å². The van der Waals surface area contributed by atoms with Crippen LogP contribution < -0.4 is 5.32 Å². The molecule has 0 radical (unpaired) electrons. The summed E-state index contributed by atoms with van der Waals surface area (Å²) < 4.78 is 4.98. The molecule has 0 atom stereocenters. The Morgan fingerprint density at radius 2 is 1.90 bits per heavy atom. The van der Waals surface area contributed by atoms with E-state index in [4.69, 9.17) is 16.3 Å². The van der Waals surface area contributed by atoms with E-state index in [2.05, 4.69) is 5.32 Å². The van der Waals surface area contributed by atoms with E-state index in [0.29, 0.717) is 11.6 Å². The molecule has 0 aliphatic carbocycles. The van der Waals surface area contributed by atoms with E-state index in [1.807, 2.05) is 12.1 Å². The van der Waals surface area contributed by atoms with Gasteiger partial charge in [0.15, 0.2) is 0 Å². The van der Waals surface area contributed by atoms with Gasteiger partial charge in [-0.05, 0) is 31.5 Å². The number of benzene rings is 1. The highest BCUT2D eigenvalue weighted by molar-refractivity contribution is 6.30. The van der Waals surface area contributed by atoms with Crippen molar-refractivity contribution in [2.45, 2.75) is 32.9 Å². The van der Waals surface area contributed by atoms with Crippen LogP contribution in [0, 0.1) is 0 Å². The normalized spacial score (nSPS) is 10.3. The minimum absolute atomic E-state index is 0.138. The van der Waals surface area contributed by atoms with Crippen molar-refractivity contribution in [3.63, 3.8) is 0 Å². The summed E-state index contributed by atoms with van der Waals surface area (Å²) in [6.45, 7) is 4.31. The summed E-state index contributed by atoms with van der Waals surface area (Å²) in [6, 6.07) is 7.06. The molecule has 0 saturated carbocycles. The average molecular weight is 313 g/mol. The number of hydrogen-bond acceptors (Lipinski definition) is 3. The summed E-state index contributed by atoms with van der Waals surface area (Å²) in [5, 5.41) is 3.34. The quantitative estimate of drug-likeness (QED) is 0.822. The van der Waals surface area contributed by atoms with E-state index in [-0.39, 0.29) is 31.1 Å². The van der Waals surface area contributed by atoms with Crippen LogP contribution in [0.15, 0.2) is 24.3 Å². The number of nitrogens with zero attached hydrogens (tertiary/aromatic N) is 1. The van der Waals surface area contributed by atoms with Crippen LogP contribution in [0.1, 0.15) is 25.8 Å². The number of ether oxygens (including phenoxy) is 1. The number of esters is 1. The molecule has 5 nitrogen and oxygen atoms in total. The van der Waals surface area contributed by atoms with Gasteiger partial charge in [-0.25, -0.2) is 4.79 Å². The highest BCUT2D eigenvalue weighted by Gasteiger charge is 2.10. The van der Waals surface area contributed by atoms with Gasteiger partial charge in [0.2, 0.25) is 0 Å². The Morgan fingerprint density at radius 3 is 2.48 bits per heavy atom. The van der Waals surface area contributed by atoms with E-state index >= 15 is 0 Å². The predicted octanol–water partition coefficient (Wildman–Crippen LogP) is 2.82. The Kier molecular flexibility index (Phi) is 7.02. The van der Waals surface area contributed by atoms with E-state index in [0.717, 1.165) is 5.56 Å². The predicted molar refractivity (Wildman–Crippen MR) is 82.2 cm³/mol. The van der Waals surface area contributed by atoms with E-state index < -0.39 is 0 Å². The Balaban J connectivity index is 2.31. The maximum Gasteiger partial charge on any atom is 0.317 e. The maximum atomic E-state index is 11.9. The molecular formula is C15H21ClN2O3. The Hall–Kier alpha value is -1.75. The molecule has 0 heterocycles. The molecule has 0 aliphatic rings. The van der Waals surface area contributed by atoms with Crippen molar-refractivity contribution in [3.05, 3.63) is 34.9 Å². The molecule has 1 aromatic rings. The Bertz CT molecular complexity index is 474. The van der Waals surface area contributed by atoms with Crippen molar-refractivity contribution in [2.75, 3.05) is 13.6 Å². The summed E-state index contributed by atoms with van der Waals surface area (Å²) >= 11 is 5.81. The lowest BCUT2D eigenvalue weighted by atomic mass is 10.2. The van der Waals surface area contributed by atoms with Gasteiger partial charge < -0.3 is 15.0 Å². The molecular weight excluding hydrogens is 292 g/mol. The maximum absolute atomic E-state index is 11.9. The fourth-order valence-electron chi connectivity index (χ4n) is 1.66. The second-order valence-electron chi connectivity index (χ2n) is 5.00. The minimum Gasteiger partial charge on any atom is -0.463 e. The standard InChI is InChI=1S/C15H21ClN2O3/c1-11(2)21-14(19)8-9-17-15(20)18(3)10-12-4-6-13(16)7-5-12/h4-7,11H,8-10H2,1-3H3,(H,17,20). The SMILES string of the molecule is CC(C)OC(=O)CCNC(=O)N(C)Cc1ccc(Cl)cc1. The molecule has 1 aromatic carbocycles. The molecule has 1 rings (SSSR count). The van der Waals surface area contributed by atoms with Crippen molar-refractivity contribution in [1.29, 1.82) is 0 Å². The molecule has 0 spiro atoms. The summed E-state index contributed by atoms with van der Waals surface area (Å²) in [5.41, 5.74) is 0.983. The highest BCUT2D eigenvalue weighted by Crippen LogP contribution is 2.10. The molecule has 0 fully saturated rings. The lowest BCUT2D eigenvalue weighted by molar-refractivity contribution is -0.147. The van der Waals surface area contributed by atoms with Crippen LogP contribution in [-0.2, 0) is 16.1 Å². The van der Waals surface area contributed by atoms with Gasteiger partial charge in [0.25, 0.3) is 0 Å². The largest absolute Gasteiger partial charge is 0.463 e. The zero-order valence-corrected chi connectivity index (χ0v) is 13.3. The number of amides is 2. The first-order valence-electron chi connectivity index (χ1n) is 6.81. The van der Waals surface area contributed by atoms with Crippen molar-refractivity contribution < 1.29 is 14.3 Å². The molecule has 6 heteroatoms. The van der Waals surface area contributed by atoms with Gasteiger partial charge in [-0.2, -0.15) is 0 Å². The van der Waals surface area contributed by atoms with Crippen molar-refractivity contribution in [2.24, 2.45) is 0 Å². The summed E-state index contributed by atoms with van der Waals surface area (Å²) in [5.74, 6) is -0.314. The van der Waals surface area contributed by atoms with Crippen molar-refractivity contribution in [3.8, 4) is 0 Å². The molecule has 116 valence electrons. The van der Waals surface area contributed by atoms with Crippen LogP contribution in [0.2, 0.25) is 5.02 Å². The number of urea groups is 1. The fraction of sp³-hybridized carbons (Fsp3) is 0.467. The van der Waals surface area contributed by atoms with E-state index in [1.165, 1.54) is 4.90 Å². The second kappa shape index (κ2) is 8.52. The molecule has 0 aliphatic heterocycles. The van der Waals surface area contributed by atoms with Gasteiger partial charge in [0.05, 0.1) is 12.5 Å². The lowest BCUT2D eigenvalue weighted by Crippen LogP contribution is -2.38. The third-order valence-corrected chi connectivity index (χ3v) is 2.90. The number of carbonyl (C=O) groups excluding carboxylic acids is 2. The van der Waals surface area contributed by atoms with Crippen LogP contribution in [0.3, 0.4) is 0 Å². The van der Waals surface area contributed by atoms with Crippen LogP contribution in [0.4, 0.5) is 4.79 Å². The summed E-state index contributed by atoms with van der Waals surface area (Å²) in [6.07, 6.45) is 0.0272. The fourth-order valence-corrected chi connectivity index (χ4v) is 1.79. The van der Waals surface area contributed by atoms with Gasteiger partial charge in [0.1, 0.15) is 0 Å². The first-order chi connectivity index (χ1) is 9.88. The molecule has 2 amide bonds. The molecule has 0 unspecified atom stereocenters. The zero-order valence-electron chi connectivity index (χ0n) is 12.6. The molecule has 0 saturated heterocycles. The van der Waals surface area contributed by atoms with Crippen molar-refractivity contribution in [1.82, 2.24) is 10.2 Å². The number of hydrogen-bond donors (Lipinski definition) is 1. The smallest absolute Gasteiger partial charge is 0.317 e. The van der Waals surface area contributed by atoms with Crippen LogP contribution in [-0.4, -0.2) is 36.6 Å². The number of carbonyl (C=O) groups is 2. The minimum atomic E-state index is -0.314. The first kappa shape index (κ1) is 17.3. The third kappa shape index (κ3) is 6.99. The Labute approximate surface area is 130 Å². The monoisotopic (exact) mass is 312 g/mol. The van der Waals surface area contributed by atoms with Gasteiger partial charge in [-0.1, -0.05) is 23.7 Å². The summed E-state index contributed by atoms with van der Waals surface area (Å²) in [7, 11) is 1.69. The zero-order chi connectivity index (χ0) is 15.8. The van der Waals surface area contributed by atoms with Crippen LogP contribution >= 0.6 is 11.6 Å². The molecule has 21 heavy (non-hydrogen) atoms. The first-order valence-corrected chi connectivity index (χ1v) is 7.19. The average Bonchev–Trinajstić information content (AvgIpc) is 2.40. The van der Waals surface area contributed by atoms with E-state index in [9.17, 15) is 9.59 Å². The highest BCUT2D eigenvalue weighted by atomic mass is 35.5. The molecule has 0 bridgehead atoms. The van der Waals surface area contributed by atoms with Crippen molar-refractivity contribution >= 4 is 23.6 Å². The summed E-state index contributed by atoms with van der Waals surface area (Å²) in [4.78, 5) is 24.7. The number of rotatable bonds is 6. The number of nitrogens with one attached hydrogen (secondary N) is 1. The number of halogens is 1.